The fraction of sp³-hybridized carbons (Fsp3) is 0.529. The highest BCUT2D eigenvalue weighted by atomic mass is 16.6. The molecule has 1 N–H and O–H groups in total. The number of non-ortho nitro benzene ring substituents is 1. The third kappa shape index (κ3) is 3.75. The molecule has 0 saturated heterocycles. The number of nitrogens with one attached hydrogen (secondary N) is 1. The van der Waals surface area contributed by atoms with Gasteiger partial charge >= 0.3 is 0 Å². The molecule has 2 fully saturated rings. The van der Waals surface area contributed by atoms with Crippen molar-refractivity contribution < 1.29 is 9.72 Å². The average molecular weight is 315 g/mol. The van der Waals surface area contributed by atoms with Gasteiger partial charge in [0.1, 0.15) is 0 Å². The van der Waals surface area contributed by atoms with Gasteiger partial charge in [0.05, 0.1) is 4.92 Å². The zero-order valence-electron chi connectivity index (χ0n) is 13.0. The number of hydrazone groups is 1. The summed E-state index contributed by atoms with van der Waals surface area (Å²) in [6.07, 6.45) is 8.41. The third-order valence-electron chi connectivity index (χ3n) is 5.02. The first-order chi connectivity index (χ1) is 11.1. The predicted octanol–water partition coefficient (Wildman–Crippen LogP) is 3.67. The standard InChI is InChI=1S/C17H21N3O3/c21-17(13-6-9-16(10-7-13)20(22)23)19-18-15-8-5-12-3-1-2-4-14(12)11-15/h6-7,9-10,12,14H,1-5,8,11H2,(H,19,21)/b18-15-/t12-,14+/m0/s1. The average Bonchev–Trinajstić information content (AvgIpc) is 2.59. The Kier molecular flexibility index (Phi) is 4.69. The molecule has 0 unspecified atom stereocenters. The second-order valence-electron chi connectivity index (χ2n) is 6.47. The van der Waals surface area contributed by atoms with Gasteiger partial charge < -0.3 is 0 Å². The first kappa shape index (κ1) is 15.6. The molecule has 3 rings (SSSR count). The Labute approximate surface area is 135 Å². The third-order valence-corrected chi connectivity index (χ3v) is 5.02. The summed E-state index contributed by atoms with van der Waals surface area (Å²) in [6.45, 7) is 0. The van der Waals surface area contributed by atoms with Crippen LogP contribution in [0.15, 0.2) is 29.4 Å². The van der Waals surface area contributed by atoms with E-state index in [9.17, 15) is 14.9 Å². The summed E-state index contributed by atoms with van der Waals surface area (Å²) < 4.78 is 0. The monoisotopic (exact) mass is 315 g/mol. The molecule has 1 aromatic carbocycles. The number of rotatable bonds is 3. The van der Waals surface area contributed by atoms with Crippen molar-refractivity contribution in [2.45, 2.75) is 44.9 Å². The van der Waals surface area contributed by atoms with Gasteiger partial charge in [0.15, 0.2) is 0 Å². The van der Waals surface area contributed by atoms with E-state index in [1.807, 2.05) is 0 Å². The Morgan fingerprint density at radius 2 is 1.83 bits per heavy atom. The first-order valence-corrected chi connectivity index (χ1v) is 8.23. The normalized spacial score (nSPS) is 25.7. The molecule has 2 saturated carbocycles. The molecule has 0 radical (unpaired) electrons. The van der Waals surface area contributed by atoms with Crippen molar-refractivity contribution in [1.82, 2.24) is 5.43 Å². The maximum Gasteiger partial charge on any atom is 0.271 e. The van der Waals surface area contributed by atoms with Crippen molar-refractivity contribution in [2.24, 2.45) is 16.9 Å². The summed E-state index contributed by atoms with van der Waals surface area (Å²) >= 11 is 0. The summed E-state index contributed by atoms with van der Waals surface area (Å²) in [5.74, 6) is 1.25. The van der Waals surface area contributed by atoms with Gasteiger partial charge in [0, 0.05) is 23.4 Å². The highest BCUT2D eigenvalue weighted by molar-refractivity contribution is 5.95. The maximum absolute atomic E-state index is 12.1. The molecule has 0 heterocycles. The second-order valence-corrected chi connectivity index (χ2v) is 6.47. The molecule has 122 valence electrons. The lowest BCUT2D eigenvalue weighted by Crippen LogP contribution is -2.29. The minimum absolute atomic E-state index is 0.0246. The van der Waals surface area contributed by atoms with Crippen molar-refractivity contribution >= 4 is 17.3 Å². The molecular weight excluding hydrogens is 294 g/mol. The van der Waals surface area contributed by atoms with Crippen LogP contribution in [-0.4, -0.2) is 16.5 Å². The van der Waals surface area contributed by atoms with Crippen molar-refractivity contribution in [3.63, 3.8) is 0 Å². The number of hydrogen-bond acceptors (Lipinski definition) is 4. The number of benzene rings is 1. The Morgan fingerprint density at radius 3 is 2.52 bits per heavy atom. The van der Waals surface area contributed by atoms with Gasteiger partial charge in [-0.1, -0.05) is 19.3 Å². The SMILES string of the molecule is O=C(N/N=C1/CC[C@@H]2CCCC[C@@H]2C1)c1ccc([N+](=O)[O-])cc1. The molecule has 1 aromatic rings. The fourth-order valence-corrected chi connectivity index (χ4v) is 3.72. The number of carbonyl (C=O) groups excluding carboxylic acids is 1. The fourth-order valence-electron chi connectivity index (χ4n) is 3.72. The quantitative estimate of drug-likeness (QED) is 0.682. The van der Waals surface area contributed by atoms with Gasteiger partial charge in [0.25, 0.3) is 11.6 Å². The summed E-state index contributed by atoms with van der Waals surface area (Å²) in [5, 5.41) is 14.9. The molecule has 0 spiro atoms. The van der Waals surface area contributed by atoms with Crippen molar-refractivity contribution in [3.8, 4) is 0 Å². The van der Waals surface area contributed by atoms with Gasteiger partial charge in [-0.3, -0.25) is 14.9 Å². The summed E-state index contributed by atoms with van der Waals surface area (Å²) in [7, 11) is 0. The molecule has 6 nitrogen and oxygen atoms in total. The van der Waals surface area contributed by atoms with E-state index in [0.717, 1.165) is 30.4 Å². The smallest absolute Gasteiger partial charge is 0.267 e. The van der Waals surface area contributed by atoms with E-state index in [4.69, 9.17) is 0 Å². The molecule has 2 aliphatic rings. The Bertz CT molecular complexity index is 624. The Balaban J connectivity index is 1.58. The molecule has 0 aromatic heterocycles. The highest BCUT2D eigenvalue weighted by Gasteiger charge is 2.30. The predicted molar refractivity (Wildman–Crippen MR) is 87.3 cm³/mol. The molecule has 23 heavy (non-hydrogen) atoms. The summed E-state index contributed by atoms with van der Waals surface area (Å²) in [6, 6.07) is 5.56. The lowest BCUT2D eigenvalue weighted by molar-refractivity contribution is -0.384. The van der Waals surface area contributed by atoms with Crippen molar-refractivity contribution in [1.29, 1.82) is 0 Å². The van der Waals surface area contributed by atoms with Crippen LogP contribution >= 0.6 is 0 Å². The number of fused-ring (bicyclic) bond motifs is 1. The molecule has 0 aliphatic heterocycles. The number of amides is 1. The summed E-state index contributed by atoms with van der Waals surface area (Å²) in [5.41, 5.74) is 4.02. The Morgan fingerprint density at radius 1 is 1.13 bits per heavy atom. The molecule has 2 atom stereocenters. The topological polar surface area (TPSA) is 84.6 Å². The zero-order chi connectivity index (χ0) is 16.2. The van der Waals surface area contributed by atoms with Crippen LogP contribution in [0.1, 0.15) is 55.3 Å². The number of nitro benzene ring substituents is 1. The van der Waals surface area contributed by atoms with Crippen LogP contribution in [0.5, 0.6) is 0 Å². The highest BCUT2D eigenvalue weighted by Crippen LogP contribution is 2.39. The van der Waals surface area contributed by atoms with Gasteiger partial charge in [-0.05, 0) is 49.7 Å². The number of hydrogen-bond donors (Lipinski definition) is 1. The second kappa shape index (κ2) is 6.89. The molecule has 0 bridgehead atoms. The van der Waals surface area contributed by atoms with Crippen LogP contribution < -0.4 is 5.43 Å². The number of nitro groups is 1. The van der Waals surface area contributed by atoms with Gasteiger partial charge in [-0.25, -0.2) is 5.43 Å². The number of nitrogens with zero attached hydrogens (tertiary/aromatic N) is 2. The van der Waals surface area contributed by atoms with E-state index < -0.39 is 4.92 Å². The van der Waals surface area contributed by atoms with E-state index in [-0.39, 0.29) is 11.6 Å². The van der Waals surface area contributed by atoms with Crippen LogP contribution in [0, 0.1) is 22.0 Å². The van der Waals surface area contributed by atoms with Crippen LogP contribution in [-0.2, 0) is 0 Å². The van der Waals surface area contributed by atoms with Gasteiger partial charge in [-0.2, -0.15) is 5.10 Å². The molecule has 2 aliphatic carbocycles. The van der Waals surface area contributed by atoms with Crippen LogP contribution in [0.3, 0.4) is 0 Å². The van der Waals surface area contributed by atoms with Crippen LogP contribution in [0.25, 0.3) is 0 Å². The van der Waals surface area contributed by atoms with E-state index in [1.165, 1.54) is 56.4 Å². The molecule has 6 heteroatoms. The van der Waals surface area contributed by atoms with Gasteiger partial charge in [0.2, 0.25) is 0 Å². The van der Waals surface area contributed by atoms with E-state index in [0.29, 0.717) is 5.56 Å². The first-order valence-electron chi connectivity index (χ1n) is 8.23. The molecule has 1 amide bonds. The van der Waals surface area contributed by atoms with Crippen molar-refractivity contribution in [2.75, 3.05) is 0 Å². The van der Waals surface area contributed by atoms with Crippen LogP contribution in [0.4, 0.5) is 5.69 Å². The zero-order valence-corrected chi connectivity index (χ0v) is 13.0. The van der Waals surface area contributed by atoms with Gasteiger partial charge in [-0.15, -0.1) is 0 Å². The Hall–Kier alpha value is -2.24. The van der Waals surface area contributed by atoms with E-state index >= 15 is 0 Å². The lowest BCUT2D eigenvalue weighted by Gasteiger charge is -2.35. The lowest BCUT2D eigenvalue weighted by atomic mass is 9.70. The maximum atomic E-state index is 12.1. The largest absolute Gasteiger partial charge is 0.271 e. The van der Waals surface area contributed by atoms with E-state index in [2.05, 4.69) is 10.5 Å². The van der Waals surface area contributed by atoms with E-state index in [1.54, 1.807) is 0 Å². The number of carbonyl (C=O) groups is 1. The minimum Gasteiger partial charge on any atom is -0.267 e. The minimum atomic E-state index is -0.482. The van der Waals surface area contributed by atoms with Crippen molar-refractivity contribution in [3.05, 3.63) is 39.9 Å². The van der Waals surface area contributed by atoms with Crippen LogP contribution in [0.2, 0.25) is 0 Å². The molecular formula is C17H21N3O3. The summed E-state index contributed by atoms with van der Waals surface area (Å²) in [4.78, 5) is 22.2.